The predicted molar refractivity (Wildman–Crippen MR) is 153 cm³/mol. The number of nitrogens with zero attached hydrogens (tertiary/aromatic N) is 4. The van der Waals surface area contributed by atoms with Crippen molar-refractivity contribution in [3.8, 4) is 16.9 Å². The Balaban J connectivity index is 1.58. The van der Waals surface area contributed by atoms with Crippen LogP contribution in [0.3, 0.4) is 0 Å². The van der Waals surface area contributed by atoms with E-state index in [9.17, 15) is 13.2 Å². The zero-order valence-electron chi connectivity index (χ0n) is 21.3. The number of amides is 1. The van der Waals surface area contributed by atoms with Crippen molar-refractivity contribution >= 4 is 50.3 Å². The minimum absolute atomic E-state index is 0.146. The molecule has 5 rings (SSSR count). The smallest absolute Gasteiger partial charge is 0.266 e. The van der Waals surface area contributed by atoms with Gasteiger partial charge in [-0.05, 0) is 51.1 Å². The summed E-state index contributed by atoms with van der Waals surface area (Å²) in [7, 11) is -3.74. The topological polar surface area (TPSA) is 84.7 Å². The third-order valence-electron chi connectivity index (χ3n) is 6.37. The summed E-state index contributed by atoms with van der Waals surface area (Å²) in [6.07, 6.45) is 3.25. The molecule has 3 aromatic rings. The first-order chi connectivity index (χ1) is 18.2. The Morgan fingerprint density at radius 2 is 1.82 bits per heavy atom. The molecule has 2 fully saturated rings. The third kappa shape index (κ3) is 5.21. The standard InChI is InChI=1S/C27H28N4O4S3/c1-4-30-26(32)24(37-27(30)36)14-21-17-31(22-10-6-5-7-11-22)28-25(21)20-9-8-12-23(13-20)38(33,34)29-15-18(2)35-19(3)16-29/h5-14,17-19H,4,15-16H2,1-3H3/b24-14-. The number of sulfonamides is 1. The number of para-hydroxylation sites is 1. The van der Waals surface area contributed by atoms with Crippen molar-refractivity contribution in [3.63, 3.8) is 0 Å². The molecule has 0 N–H and O–H groups in total. The van der Waals surface area contributed by atoms with Gasteiger partial charge in [-0.2, -0.15) is 9.40 Å². The summed E-state index contributed by atoms with van der Waals surface area (Å²) in [6.45, 7) is 6.72. The number of carbonyl (C=O) groups is 1. The van der Waals surface area contributed by atoms with Gasteiger partial charge in [0.05, 0.1) is 27.7 Å². The van der Waals surface area contributed by atoms with E-state index in [1.807, 2.05) is 63.4 Å². The largest absolute Gasteiger partial charge is 0.373 e. The number of benzene rings is 2. The summed E-state index contributed by atoms with van der Waals surface area (Å²) >= 11 is 6.64. The monoisotopic (exact) mass is 568 g/mol. The van der Waals surface area contributed by atoms with E-state index in [1.165, 1.54) is 16.1 Å². The molecule has 38 heavy (non-hydrogen) atoms. The molecule has 8 nitrogen and oxygen atoms in total. The molecule has 1 aromatic heterocycles. The van der Waals surface area contributed by atoms with Crippen LogP contribution in [0.5, 0.6) is 0 Å². The lowest BCUT2D eigenvalue weighted by Crippen LogP contribution is -2.48. The second-order valence-electron chi connectivity index (χ2n) is 9.25. The van der Waals surface area contributed by atoms with Crippen LogP contribution in [-0.4, -0.2) is 69.5 Å². The quantitative estimate of drug-likeness (QED) is 0.318. The molecule has 2 aromatic carbocycles. The molecule has 2 atom stereocenters. The lowest BCUT2D eigenvalue weighted by atomic mass is 10.1. The molecule has 0 saturated carbocycles. The Morgan fingerprint density at radius 3 is 2.47 bits per heavy atom. The zero-order chi connectivity index (χ0) is 27.0. The van der Waals surface area contributed by atoms with Gasteiger partial charge >= 0.3 is 0 Å². The maximum atomic E-state index is 13.6. The number of rotatable bonds is 6. The van der Waals surface area contributed by atoms with Crippen LogP contribution in [0, 0.1) is 0 Å². The van der Waals surface area contributed by atoms with Crippen LogP contribution in [0.4, 0.5) is 0 Å². The van der Waals surface area contributed by atoms with E-state index in [1.54, 1.807) is 33.9 Å². The van der Waals surface area contributed by atoms with Gasteiger partial charge in [0.1, 0.15) is 10.0 Å². The Bertz CT molecular complexity index is 1510. The van der Waals surface area contributed by atoms with Crippen molar-refractivity contribution in [3.05, 3.63) is 71.3 Å². The number of morpholine rings is 1. The Morgan fingerprint density at radius 1 is 1.11 bits per heavy atom. The van der Waals surface area contributed by atoms with E-state index in [4.69, 9.17) is 22.1 Å². The highest BCUT2D eigenvalue weighted by Crippen LogP contribution is 2.35. The lowest BCUT2D eigenvalue weighted by molar-refractivity contribution is -0.121. The molecular formula is C27H28N4O4S3. The maximum absolute atomic E-state index is 13.6. The van der Waals surface area contributed by atoms with Gasteiger partial charge in [0.15, 0.2) is 0 Å². The number of thioether (sulfide) groups is 1. The Hall–Kier alpha value is -2.83. The van der Waals surface area contributed by atoms with E-state index < -0.39 is 10.0 Å². The fourth-order valence-corrected chi connectivity index (χ4v) is 7.64. The summed E-state index contributed by atoms with van der Waals surface area (Å²) in [5.74, 6) is -0.146. The van der Waals surface area contributed by atoms with Gasteiger partial charge in [0.2, 0.25) is 10.0 Å². The van der Waals surface area contributed by atoms with Gasteiger partial charge in [-0.15, -0.1) is 0 Å². The van der Waals surface area contributed by atoms with Crippen molar-refractivity contribution in [1.82, 2.24) is 19.0 Å². The second-order valence-corrected chi connectivity index (χ2v) is 12.9. The average molecular weight is 569 g/mol. The number of aromatic nitrogens is 2. The van der Waals surface area contributed by atoms with E-state index in [0.717, 1.165) is 5.69 Å². The normalized spacial score (nSPS) is 22.0. The molecule has 3 heterocycles. The van der Waals surface area contributed by atoms with Crippen LogP contribution in [0.1, 0.15) is 26.3 Å². The predicted octanol–water partition coefficient (Wildman–Crippen LogP) is 4.56. The SMILES string of the molecule is CCN1C(=O)/C(=C/c2cn(-c3ccccc3)nc2-c2cccc(S(=O)(=O)N3CC(C)OC(C)C3)c2)SC1=S. The van der Waals surface area contributed by atoms with Crippen molar-refractivity contribution < 1.29 is 17.9 Å². The fourth-order valence-electron chi connectivity index (χ4n) is 4.62. The molecule has 0 aliphatic carbocycles. The maximum Gasteiger partial charge on any atom is 0.266 e. The zero-order valence-corrected chi connectivity index (χ0v) is 23.7. The summed E-state index contributed by atoms with van der Waals surface area (Å²) in [5.41, 5.74) is 2.73. The second kappa shape index (κ2) is 10.7. The highest BCUT2D eigenvalue weighted by atomic mass is 32.2. The minimum atomic E-state index is -3.74. The third-order valence-corrected chi connectivity index (χ3v) is 9.58. The van der Waals surface area contributed by atoms with E-state index >= 15 is 0 Å². The van der Waals surface area contributed by atoms with Gasteiger partial charge in [-0.3, -0.25) is 9.69 Å². The molecule has 0 bridgehead atoms. The highest BCUT2D eigenvalue weighted by molar-refractivity contribution is 8.26. The number of hydrogen-bond acceptors (Lipinski definition) is 7. The fraction of sp³-hybridized carbons (Fsp3) is 0.296. The number of likely N-dealkylation sites (N-methyl/N-ethyl adjacent to an activating group) is 1. The van der Waals surface area contributed by atoms with Crippen molar-refractivity contribution in [2.24, 2.45) is 0 Å². The summed E-state index contributed by atoms with van der Waals surface area (Å²) in [4.78, 5) is 15.2. The molecule has 11 heteroatoms. The highest BCUT2D eigenvalue weighted by Gasteiger charge is 2.33. The molecule has 198 valence electrons. The van der Waals surface area contributed by atoms with Gasteiger partial charge < -0.3 is 4.74 Å². The summed E-state index contributed by atoms with van der Waals surface area (Å²) in [6, 6.07) is 16.4. The first-order valence-electron chi connectivity index (χ1n) is 12.3. The number of carbonyl (C=O) groups excluding carboxylic acids is 1. The molecule has 2 unspecified atom stereocenters. The van der Waals surface area contributed by atoms with Gasteiger partial charge in [0.25, 0.3) is 5.91 Å². The molecule has 2 saturated heterocycles. The van der Waals surface area contributed by atoms with Crippen LogP contribution >= 0.6 is 24.0 Å². The van der Waals surface area contributed by atoms with E-state index in [-0.39, 0.29) is 23.0 Å². The Kier molecular flexibility index (Phi) is 7.56. The molecule has 2 aliphatic rings. The molecule has 0 spiro atoms. The average Bonchev–Trinajstić information content (AvgIpc) is 3.44. The Labute approximate surface area is 232 Å². The van der Waals surface area contributed by atoms with Crippen LogP contribution in [0.15, 0.2) is 70.6 Å². The van der Waals surface area contributed by atoms with Gasteiger partial charge in [0, 0.05) is 37.0 Å². The van der Waals surface area contributed by atoms with Crippen LogP contribution in [0.25, 0.3) is 23.0 Å². The van der Waals surface area contributed by atoms with Crippen LogP contribution in [-0.2, 0) is 19.6 Å². The van der Waals surface area contributed by atoms with Gasteiger partial charge in [-0.1, -0.05) is 54.3 Å². The first-order valence-corrected chi connectivity index (χ1v) is 15.0. The number of thiocarbonyl (C=S) groups is 1. The van der Waals surface area contributed by atoms with Gasteiger partial charge in [-0.25, -0.2) is 13.1 Å². The van der Waals surface area contributed by atoms with Crippen molar-refractivity contribution in [2.45, 2.75) is 37.9 Å². The van der Waals surface area contributed by atoms with E-state index in [0.29, 0.717) is 45.7 Å². The minimum Gasteiger partial charge on any atom is -0.373 e. The molecular weight excluding hydrogens is 541 g/mol. The van der Waals surface area contributed by atoms with Crippen LogP contribution < -0.4 is 0 Å². The number of ether oxygens (including phenoxy) is 1. The molecule has 0 radical (unpaired) electrons. The van der Waals surface area contributed by atoms with Crippen molar-refractivity contribution in [1.29, 1.82) is 0 Å². The summed E-state index contributed by atoms with van der Waals surface area (Å²) < 4.78 is 36.6. The van der Waals surface area contributed by atoms with E-state index in [2.05, 4.69) is 0 Å². The number of hydrogen-bond donors (Lipinski definition) is 0. The van der Waals surface area contributed by atoms with Crippen LogP contribution in [0.2, 0.25) is 0 Å². The lowest BCUT2D eigenvalue weighted by Gasteiger charge is -2.34. The molecule has 1 amide bonds. The first kappa shape index (κ1) is 26.8. The summed E-state index contributed by atoms with van der Waals surface area (Å²) in [5, 5.41) is 4.81. The van der Waals surface area contributed by atoms with Crippen molar-refractivity contribution in [2.75, 3.05) is 19.6 Å². The molecule has 2 aliphatic heterocycles.